The Balaban J connectivity index is 3.55. The van der Waals surface area contributed by atoms with Gasteiger partial charge >= 0.3 is 0 Å². The second kappa shape index (κ2) is 5.30. The maximum absolute atomic E-state index is 10.7. The zero-order valence-corrected chi connectivity index (χ0v) is 6.42. The van der Waals surface area contributed by atoms with Crippen LogP contribution >= 0.6 is 0 Å². The molecule has 0 aliphatic heterocycles. The lowest BCUT2D eigenvalue weighted by molar-refractivity contribution is -0.119. The first kappa shape index (κ1) is 9.50. The minimum Gasteiger partial charge on any atom is -0.388 e. The average molecular weight is 153 g/mol. The maximum atomic E-state index is 10.7. The van der Waals surface area contributed by atoms with Gasteiger partial charge in [-0.2, -0.15) is 0 Å². The zero-order valence-electron chi connectivity index (χ0n) is 6.42. The van der Waals surface area contributed by atoms with Crippen LogP contribution in [0, 0.1) is 12.3 Å². The van der Waals surface area contributed by atoms with Crippen LogP contribution in [0.3, 0.4) is 0 Å². The van der Waals surface area contributed by atoms with Crippen LogP contribution in [-0.2, 0) is 4.79 Å². The minimum atomic E-state index is -0.215. The van der Waals surface area contributed by atoms with Crippen LogP contribution in [0.15, 0.2) is 4.99 Å². The molecule has 0 aliphatic rings. The highest BCUT2D eigenvalue weighted by Crippen LogP contribution is 1.71. The number of nitrogens with two attached hydrogens (primary N) is 1. The number of carbonyl (C=O) groups excluding carboxylic acids is 1. The van der Waals surface area contributed by atoms with Crippen molar-refractivity contribution in [2.75, 3.05) is 13.1 Å². The topological polar surface area (TPSA) is 67.5 Å². The van der Waals surface area contributed by atoms with Gasteiger partial charge in [0.1, 0.15) is 6.54 Å². The van der Waals surface area contributed by atoms with Crippen molar-refractivity contribution in [1.82, 2.24) is 5.32 Å². The molecular weight excluding hydrogens is 142 g/mol. The predicted molar refractivity (Wildman–Crippen MR) is 44.0 cm³/mol. The molecule has 0 radical (unpaired) electrons. The molecule has 0 saturated heterocycles. The second-order valence-electron chi connectivity index (χ2n) is 1.94. The van der Waals surface area contributed by atoms with E-state index in [9.17, 15) is 4.79 Å². The fraction of sp³-hybridized carbons (Fsp3) is 0.429. The summed E-state index contributed by atoms with van der Waals surface area (Å²) in [5.74, 6) is 2.45. The maximum Gasteiger partial charge on any atom is 0.242 e. The number of nitrogens with zero attached hydrogens (tertiary/aromatic N) is 1. The van der Waals surface area contributed by atoms with Crippen LogP contribution in [0.2, 0.25) is 0 Å². The number of amides is 1. The summed E-state index contributed by atoms with van der Waals surface area (Å²) in [5, 5.41) is 2.45. The summed E-state index contributed by atoms with van der Waals surface area (Å²) in [5.41, 5.74) is 5.20. The van der Waals surface area contributed by atoms with Crippen molar-refractivity contribution in [3.8, 4) is 12.3 Å². The predicted octanol–water partition coefficient (Wildman–Crippen LogP) is -0.887. The van der Waals surface area contributed by atoms with Crippen LogP contribution in [-0.4, -0.2) is 24.8 Å². The Bertz CT molecular complexity index is 198. The Morgan fingerprint density at radius 3 is 2.91 bits per heavy atom. The molecule has 0 fully saturated rings. The van der Waals surface area contributed by atoms with E-state index in [1.807, 2.05) is 0 Å². The Labute approximate surface area is 65.9 Å². The van der Waals surface area contributed by atoms with Gasteiger partial charge in [-0.25, -0.2) is 0 Å². The number of rotatable bonds is 3. The summed E-state index contributed by atoms with van der Waals surface area (Å²) in [7, 11) is 0. The standard InChI is InChI=1S/C7H11N3O/c1-3-4-9-7(11)5-10-6(2)8/h1H,4-5H2,2H3,(H2,8,10)(H,9,11). The summed E-state index contributed by atoms with van der Waals surface area (Å²) in [6.07, 6.45) is 4.91. The molecule has 60 valence electrons. The van der Waals surface area contributed by atoms with Crippen molar-refractivity contribution in [3.05, 3.63) is 0 Å². The van der Waals surface area contributed by atoms with Gasteiger partial charge < -0.3 is 11.1 Å². The van der Waals surface area contributed by atoms with E-state index in [2.05, 4.69) is 16.2 Å². The molecule has 0 saturated carbocycles. The largest absolute Gasteiger partial charge is 0.388 e. The number of amidine groups is 1. The molecule has 0 rings (SSSR count). The van der Waals surface area contributed by atoms with E-state index < -0.39 is 0 Å². The Morgan fingerprint density at radius 2 is 2.45 bits per heavy atom. The molecule has 4 heteroatoms. The highest BCUT2D eigenvalue weighted by atomic mass is 16.1. The molecule has 4 nitrogen and oxygen atoms in total. The number of hydrogen-bond acceptors (Lipinski definition) is 2. The van der Waals surface area contributed by atoms with Gasteiger partial charge in [-0.1, -0.05) is 5.92 Å². The number of carbonyl (C=O) groups is 1. The van der Waals surface area contributed by atoms with Crippen molar-refractivity contribution in [3.63, 3.8) is 0 Å². The molecule has 11 heavy (non-hydrogen) atoms. The van der Waals surface area contributed by atoms with Gasteiger partial charge in [0.2, 0.25) is 5.91 Å². The smallest absolute Gasteiger partial charge is 0.242 e. The first-order valence-electron chi connectivity index (χ1n) is 3.13. The molecule has 1 amide bonds. The molecule has 0 unspecified atom stereocenters. The Morgan fingerprint density at radius 1 is 1.82 bits per heavy atom. The third kappa shape index (κ3) is 6.38. The van der Waals surface area contributed by atoms with Crippen molar-refractivity contribution in [2.24, 2.45) is 10.7 Å². The molecular formula is C7H11N3O. The normalized spacial score (nSPS) is 10.4. The molecule has 0 atom stereocenters. The third-order valence-corrected chi connectivity index (χ3v) is 0.860. The molecule has 3 N–H and O–H groups in total. The Hall–Kier alpha value is -1.50. The lowest BCUT2D eigenvalue weighted by Gasteiger charge is -1.96. The summed E-state index contributed by atoms with van der Waals surface area (Å²) in [4.78, 5) is 14.4. The molecule has 0 heterocycles. The van der Waals surface area contributed by atoms with E-state index in [0.717, 1.165) is 0 Å². The number of terminal acetylenes is 1. The highest BCUT2D eigenvalue weighted by Gasteiger charge is 1.95. The lowest BCUT2D eigenvalue weighted by Crippen LogP contribution is -2.26. The molecule has 0 aromatic carbocycles. The monoisotopic (exact) mass is 153 g/mol. The fourth-order valence-electron chi connectivity index (χ4n) is 0.402. The van der Waals surface area contributed by atoms with Gasteiger partial charge in [-0.3, -0.25) is 9.79 Å². The Kier molecular flexibility index (Phi) is 4.58. The second-order valence-corrected chi connectivity index (χ2v) is 1.94. The number of aliphatic imine (C=N–C) groups is 1. The summed E-state index contributed by atoms with van der Waals surface area (Å²) in [6, 6.07) is 0. The number of nitrogens with one attached hydrogen (secondary N) is 1. The summed E-state index contributed by atoms with van der Waals surface area (Å²) < 4.78 is 0. The van der Waals surface area contributed by atoms with E-state index in [1.165, 1.54) is 0 Å². The first-order valence-corrected chi connectivity index (χ1v) is 3.13. The van der Waals surface area contributed by atoms with E-state index in [4.69, 9.17) is 12.2 Å². The van der Waals surface area contributed by atoms with E-state index in [0.29, 0.717) is 5.84 Å². The molecule has 0 aromatic rings. The number of hydrogen-bond donors (Lipinski definition) is 2. The SMILES string of the molecule is C#CCNC(=O)CN=C(C)N. The van der Waals surface area contributed by atoms with Crippen molar-refractivity contribution >= 4 is 11.7 Å². The molecule has 0 spiro atoms. The fourth-order valence-corrected chi connectivity index (χ4v) is 0.402. The minimum absolute atomic E-state index is 0.0456. The van der Waals surface area contributed by atoms with Gasteiger partial charge in [0.05, 0.1) is 12.4 Å². The van der Waals surface area contributed by atoms with Gasteiger partial charge in [0.25, 0.3) is 0 Å². The zero-order chi connectivity index (χ0) is 8.69. The third-order valence-electron chi connectivity index (χ3n) is 0.860. The first-order chi connectivity index (χ1) is 5.16. The van der Waals surface area contributed by atoms with E-state index in [-0.39, 0.29) is 19.0 Å². The van der Waals surface area contributed by atoms with Crippen molar-refractivity contribution < 1.29 is 4.79 Å². The van der Waals surface area contributed by atoms with Crippen LogP contribution < -0.4 is 11.1 Å². The van der Waals surface area contributed by atoms with Crippen LogP contribution in [0.1, 0.15) is 6.92 Å². The van der Waals surface area contributed by atoms with Gasteiger partial charge in [-0.05, 0) is 6.92 Å². The van der Waals surface area contributed by atoms with Crippen molar-refractivity contribution in [1.29, 1.82) is 0 Å². The van der Waals surface area contributed by atoms with Crippen LogP contribution in [0.4, 0.5) is 0 Å². The van der Waals surface area contributed by atoms with Gasteiger partial charge in [0, 0.05) is 0 Å². The molecule has 0 aliphatic carbocycles. The van der Waals surface area contributed by atoms with Gasteiger partial charge in [0.15, 0.2) is 0 Å². The summed E-state index contributed by atoms with van der Waals surface area (Å²) >= 11 is 0. The molecule has 0 bridgehead atoms. The lowest BCUT2D eigenvalue weighted by atomic mass is 10.5. The van der Waals surface area contributed by atoms with Crippen LogP contribution in [0.5, 0.6) is 0 Å². The average Bonchev–Trinajstić information content (AvgIpc) is 1.97. The highest BCUT2D eigenvalue weighted by molar-refractivity contribution is 5.83. The van der Waals surface area contributed by atoms with Crippen molar-refractivity contribution in [2.45, 2.75) is 6.92 Å². The summed E-state index contributed by atoms with van der Waals surface area (Å²) in [6.45, 7) is 1.90. The molecule has 0 aromatic heterocycles. The van der Waals surface area contributed by atoms with E-state index in [1.54, 1.807) is 6.92 Å². The van der Waals surface area contributed by atoms with Crippen LogP contribution in [0.25, 0.3) is 0 Å². The van der Waals surface area contributed by atoms with E-state index >= 15 is 0 Å². The van der Waals surface area contributed by atoms with Gasteiger partial charge in [-0.15, -0.1) is 6.42 Å². The quantitative estimate of drug-likeness (QED) is 0.314.